The second-order valence-corrected chi connectivity index (χ2v) is 5.77. The lowest BCUT2D eigenvalue weighted by Crippen LogP contribution is -1.94. The molecule has 3 heteroatoms. The summed E-state index contributed by atoms with van der Waals surface area (Å²) in [5, 5.41) is 2.31. The van der Waals surface area contributed by atoms with Gasteiger partial charge in [-0.25, -0.2) is 4.98 Å². The summed E-state index contributed by atoms with van der Waals surface area (Å²) in [5.41, 5.74) is 1.32. The Balaban J connectivity index is 2.15. The van der Waals surface area contributed by atoms with Crippen molar-refractivity contribution < 1.29 is 0 Å². The van der Waals surface area contributed by atoms with Gasteiger partial charge in [-0.15, -0.1) is 0 Å². The predicted octanol–water partition coefficient (Wildman–Crippen LogP) is 5.37. The van der Waals surface area contributed by atoms with Gasteiger partial charge in [0.2, 0.25) is 0 Å². The molecule has 0 saturated heterocycles. The highest BCUT2D eigenvalue weighted by Gasteiger charge is 2.12. The highest BCUT2D eigenvalue weighted by atomic mass is 35.5. The van der Waals surface area contributed by atoms with E-state index in [2.05, 4.69) is 30.1 Å². The Bertz CT molecular complexity index is 470. The fourth-order valence-electron chi connectivity index (χ4n) is 1.80. The molecule has 0 aliphatic carbocycles. The molecule has 0 N–H and O–H groups in total. The van der Waals surface area contributed by atoms with Crippen molar-refractivity contribution >= 4 is 23.4 Å². The van der Waals surface area contributed by atoms with Crippen molar-refractivity contribution in [1.29, 1.82) is 0 Å². The van der Waals surface area contributed by atoms with Crippen LogP contribution in [0.5, 0.6) is 0 Å². The largest absolute Gasteiger partial charge is 0.250 e. The number of halogens is 1. The second kappa shape index (κ2) is 6.81. The summed E-state index contributed by atoms with van der Waals surface area (Å²) >= 11 is 7.75. The van der Waals surface area contributed by atoms with Crippen molar-refractivity contribution in [2.24, 2.45) is 0 Å². The SMILES string of the molecule is CCCC(Sc1ccccn1)c1ccc(Cl)cc1. The van der Waals surface area contributed by atoms with Gasteiger partial charge in [-0.3, -0.25) is 0 Å². The molecule has 1 aromatic heterocycles. The number of aromatic nitrogens is 1. The Morgan fingerprint density at radius 2 is 1.94 bits per heavy atom. The summed E-state index contributed by atoms with van der Waals surface area (Å²) in [7, 11) is 0. The summed E-state index contributed by atoms with van der Waals surface area (Å²) in [6.45, 7) is 2.21. The van der Waals surface area contributed by atoms with Crippen LogP contribution in [0, 0.1) is 0 Å². The molecule has 18 heavy (non-hydrogen) atoms. The number of benzene rings is 1. The number of hydrogen-bond acceptors (Lipinski definition) is 2. The van der Waals surface area contributed by atoms with Crippen molar-refractivity contribution in [3.8, 4) is 0 Å². The van der Waals surface area contributed by atoms with Crippen LogP contribution in [0.2, 0.25) is 5.02 Å². The van der Waals surface area contributed by atoms with E-state index in [0.29, 0.717) is 5.25 Å². The molecule has 94 valence electrons. The molecule has 1 heterocycles. The zero-order valence-corrected chi connectivity index (χ0v) is 11.9. The van der Waals surface area contributed by atoms with Crippen molar-refractivity contribution in [3.05, 3.63) is 59.2 Å². The van der Waals surface area contributed by atoms with Gasteiger partial charge in [0.1, 0.15) is 0 Å². The summed E-state index contributed by atoms with van der Waals surface area (Å²) < 4.78 is 0. The van der Waals surface area contributed by atoms with Crippen LogP contribution in [-0.4, -0.2) is 4.98 Å². The number of hydrogen-bond donors (Lipinski definition) is 0. The standard InChI is InChI=1S/C15H16ClNS/c1-2-5-14(12-7-9-13(16)10-8-12)18-15-6-3-4-11-17-15/h3-4,6-11,14H,2,5H2,1H3. The van der Waals surface area contributed by atoms with Gasteiger partial charge >= 0.3 is 0 Å². The lowest BCUT2D eigenvalue weighted by atomic mass is 10.1. The van der Waals surface area contributed by atoms with Gasteiger partial charge in [0.15, 0.2) is 0 Å². The minimum Gasteiger partial charge on any atom is -0.250 e. The maximum atomic E-state index is 5.93. The van der Waals surface area contributed by atoms with Crippen LogP contribution in [0.4, 0.5) is 0 Å². The fraction of sp³-hybridized carbons (Fsp3) is 0.267. The van der Waals surface area contributed by atoms with E-state index < -0.39 is 0 Å². The maximum absolute atomic E-state index is 5.93. The molecule has 0 amide bonds. The molecule has 0 bridgehead atoms. The first-order chi connectivity index (χ1) is 8.79. The molecular formula is C15H16ClNS. The third-order valence-electron chi connectivity index (χ3n) is 2.69. The van der Waals surface area contributed by atoms with Gasteiger partial charge in [0.25, 0.3) is 0 Å². The van der Waals surface area contributed by atoms with Crippen molar-refractivity contribution in [1.82, 2.24) is 4.98 Å². The van der Waals surface area contributed by atoms with Gasteiger partial charge in [-0.1, -0.05) is 54.9 Å². The van der Waals surface area contributed by atoms with Crippen LogP contribution >= 0.6 is 23.4 Å². The van der Waals surface area contributed by atoms with E-state index in [4.69, 9.17) is 11.6 Å². The van der Waals surface area contributed by atoms with Gasteiger partial charge in [0.05, 0.1) is 5.03 Å². The molecule has 0 aliphatic rings. The average Bonchev–Trinajstić information content (AvgIpc) is 2.40. The van der Waals surface area contributed by atoms with E-state index in [-0.39, 0.29) is 0 Å². The first-order valence-electron chi connectivity index (χ1n) is 6.12. The number of nitrogens with zero attached hydrogens (tertiary/aromatic N) is 1. The quantitative estimate of drug-likeness (QED) is 0.682. The minimum atomic E-state index is 0.446. The van der Waals surface area contributed by atoms with E-state index in [1.165, 1.54) is 5.56 Å². The molecule has 0 radical (unpaired) electrons. The van der Waals surface area contributed by atoms with Crippen LogP contribution in [0.1, 0.15) is 30.6 Å². The highest BCUT2D eigenvalue weighted by Crippen LogP contribution is 2.37. The third kappa shape index (κ3) is 3.76. The van der Waals surface area contributed by atoms with Gasteiger partial charge in [-0.05, 0) is 36.2 Å². The van der Waals surface area contributed by atoms with Crippen LogP contribution < -0.4 is 0 Å². The fourth-order valence-corrected chi connectivity index (χ4v) is 3.14. The molecule has 0 aliphatic heterocycles. The maximum Gasteiger partial charge on any atom is 0.0965 e. The van der Waals surface area contributed by atoms with Crippen LogP contribution in [0.3, 0.4) is 0 Å². The Kier molecular flexibility index (Phi) is 5.09. The molecule has 1 unspecified atom stereocenters. The smallest absolute Gasteiger partial charge is 0.0965 e. The normalized spacial score (nSPS) is 12.3. The third-order valence-corrected chi connectivity index (χ3v) is 4.22. The molecule has 1 nitrogen and oxygen atoms in total. The first kappa shape index (κ1) is 13.4. The average molecular weight is 278 g/mol. The van der Waals surface area contributed by atoms with Crippen LogP contribution in [-0.2, 0) is 0 Å². The van der Waals surface area contributed by atoms with E-state index in [1.807, 2.05) is 42.2 Å². The molecule has 2 rings (SSSR count). The molecule has 0 fully saturated rings. The summed E-state index contributed by atoms with van der Waals surface area (Å²) in [6.07, 6.45) is 4.14. The van der Waals surface area contributed by atoms with Gasteiger partial charge in [-0.2, -0.15) is 0 Å². The first-order valence-corrected chi connectivity index (χ1v) is 7.38. The van der Waals surface area contributed by atoms with E-state index in [0.717, 1.165) is 22.9 Å². The number of rotatable bonds is 5. The topological polar surface area (TPSA) is 12.9 Å². The summed E-state index contributed by atoms with van der Waals surface area (Å²) in [4.78, 5) is 4.38. The predicted molar refractivity (Wildman–Crippen MR) is 79.2 cm³/mol. The highest BCUT2D eigenvalue weighted by molar-refractivity contribution is 7.99. The van der Waals surface area contributed by atoms with Crippen molar-refractivity contribution in [2.75, 3.05) is 0 Å². The monoisotopic (exact) mass is 277 g/mol. The minimum absolute atomic E-state index is 0.446. The Hall–Kier alpha value is -0.990. The molecule has 0 spiro atoms. The molecule has 0 saturated carbocycles. The Labute approximate surface area is 118 Å². The Morgan fingerprint density at radius 3 is 2.56 bits per heavy atom. The zero-order valence-electron chi connectivity index (χ0n) is 10.3. The second-order valence-electron chi connectivity index (χ2n) is 4.11. The van der Waals surface area contributed by atoms with Crippen LogP contribution in [0.25, 0.3) is 0 Å². The van der Waals surface area contributed by atoms with Crippen LogP contribution in [0.15, 0.2) is 53.7 Å². The number of thioether (sulfide) groups is 1. The molecule has 1 aromatic carbocycles. The van der Waals surface area contributed by atoms with E-state index in [9.17, 15) is 0 Å². The van der Waals surface area contributed by atoms with Crippen molar-refractivity contribution in [3.63, 3.8) is 0 Å². The zero-order chi connectivity index (χ0) is 12.8. The van der Waals surface area contributed by atoms with Gasteiger partial charge < -0.3 is 0 Å². The van der Waals surface area contributed by atoms with E-state index in [1.54, 1.807) is 0 Å². The van der Waals surface area contributed by atoms with Crippen molar-refractivity contribution in [2.45, 2.75) is 30.0 Å². The Morgan fingerprint density at radius 1 is 1.17 bits per heavy atom. The van der Waals surface area contributed by atoms with E-state index >= 15 is 0 Å². The molecule has 2 aromatic rings. The lowest BCUT2D eigenvalue weighted by Gasteiger charge is -2.15. The summed E-state index contributed by atoms with van der Waals surface area (Å²) in [5.74, 6) is 0. The lowest BCUT2D eigenvalue weighted by molar-refractivity contribution is 0.777. The summed E-state index contributed by atoms with van der Waals surface area (Å²) in [6, 6.07) is 14.2. The molecular weight excluding hydrogens is 262 g/mol. The number of pyridine rings is 1. The van der Waals surface area contributed by atoms with Gasteiger partial charge in [0, 0.05) is 16.5 Å². The molecule has 1 atom stereocenters.